The van der Waals surface area contributed by atoms with Gasteiger partial charge in [0.1, 0.15) is 5.76 Å². The average Bonchev–Trinajstić information content (AvgIpc) is 2.89. The van der Waals surface area contributed by atoms with Crippen LogP contribution in [0.4, 0.5) is 0 Å². The maximum absolute atomic E-state index is 12.1. The van der Waals surface area contributed by atoms with Gasteiger partial charge in [-0.1, -0.05) is 25.9 Å². The van der Waals surface area contributed by atoms with Gasteiger partial charge in [-0.25, -0.2) is 0 Å². The molecular weight excluding hydrogens is 256 g/mol. The summed E-state index contributed by atoms with van der Waals surface area (Å²) in [6, 6.07) is 1.90. The van der Waals surface area contributed by atoms with Gasteiger partial charge in [0.25, 0.3) is 5.91 Å². The molecule has 20 heavy (non-hydrogen) atoms. The molecule has 1 fully saturated rings. The highest BCUT2D eigenvalue weighted by Crippen LogP contribution is 2.25. The first kappa shape index (κ1) is 15.0. The van der Waals surface area contributed by atoms with Crippen LogP contribution in [0.25, 0.3) is 0 Å². The van der Waals surface area contributed by atoms with E-state index in [4.69, 9.17) is 9.63 Å². The Hall–Kier alpha value is -1.36. The molecular formula is C15H24N2O3. The van der Waals surface area contributed by atoms with Crippen molar-refractivity contribution >= 4 is 5.91 Å². The number of amides is 1. The van der Waals surface area contributed by atoms with Crippen molar-refractivity contribution in [1.29, 1.82) is 0 Å². The number of aromatic nitrogens is 1. The molecule has 1 aromatic rings. The molecule has 1 amide bonds. The van der Waals surface area contributed by atoms with Crippen molar-refractivity contribution in [3.05, 3.63) is 17.5 Å². The van der Waals surface area contributed by atoms with E-state index in [1.54, 1.807) is 6.07 Å². The smallest absolute Gasteiger partial charge is 0.273 e. The second-order valence-electron chi connectivity index (χ2n) is 6.70. The van der Waals surface area contributed by atoms with Gasteiger partial charge in [0, 0.05) is 24.1 Å². The van der Waals surface area contributed by atoms with Crippen molar-refractivity contribution in [2.45, 2.75) is 57.9 Å². The zero-order valence-corrected chi connectivity index (χ0v) is 12.5. The van der Waals surface area contributed by atoms with Gasteiger partial charge in [-0.2, -0.15) is 0 Å². The average molecular weight is 280 g/mol. The Bertz CT molecular complexity index is 454. The van der Waals surface area contributed by atoms with Gasteiger partial charge >= 0.3 is 0 Å². The predicted molar refractivity (Wildman–Crippen MR) is 75.5 cm³/mol. The first-order valence-corrected chi connectivity index (χ1v) is 7.29. The molecule has 1 heterocycles. The number of carbonyl (C=O) groups excluding carboxylic acids is 1. The van der Waals surface area contributed by atoms with E-state index in [-0.39, 0.29) is 24.0 Å². The number of carbonyl (C=O) groups is 1. The molecule has 1 aliphatic rings. The number of nitrogens with one attached hydrogen (secondary N) is 1. The Kier molecular flexibility index (Phi) is 4.48. The van der Waals surface area contributed by atoms with Crippen LogP contribution in [0, 0.1) is 5.92 Å². The minimum atomic E-state index is -0.170. The van der Waals surface area contributed by atoms with E-state index in [0.29, 0.717) is 17.4 Å². The van der Waals surface area contributed by atoms with Gasteiger partial charge in [-0.3, -0.25) is 4.79 Å². The minimum Gasteiger partial charge on any atom is -0.396 e. The summed E-state index contributed by atoms with van der Waals surface area (Å²) >= 11 is 0. The highest BCUT2D eigenvalue weighted by Gasteiger charge is 2.25. The molecule has 0 unspecified atom stereocenters. The van der Waals surface area contributed by atoms with E-state index in [1.807, 2.05) is 20.8 Å². The van der Waals surface area contributed by atoms with Crippen LogP contribution in [-0.2, 0) is 5.41 Å². The summed E-state index contributed by atoms with van der Waals surface area (Å²) in [5.74, 6) is 0.936. The summed E-state index contributed by atoms with van der Waals surface area (Å²) in [6.07, 6.45) is 3.77. The SMILES string of the molecule is CC(C)(C)c1cc(C(=O)NC2CCC(CO)CC2)no1. The van der Waals surface area contributed by atoms with Crippen molar-refractivity contribution < 1.29 is 14.4 Å². The van der Waals surface area contributed by atoms with Gasteiger partial charge in [0.15, 0.2) is 5.69 Å². The van der Waals surface area contributed by atoms with Crippen LogP contribution in [0.2, 0.25) is 0 Å². The molecule has 2 N–H and O–H groups in total. The molecule has 5 heteroatoms. The van der Waals surface area contributed by atoms with Crippen molar-refractivity contribution in [3.8, 4) is 0 Å². The van der Waals surface area contributed by atoms with Gasteiger partial charge in [0.2, 0.25) is 0 Å². The summed E-state index contributed by atoms with van der Waals surface area (Å²) in [5.41, 5.74) is 0.198. The molecule has 1 saturated carbocycles. The molecule has 0 bridgehead atoms. The highest BCUT2D eigenvalue weighted by atomic mass is 16.5. The van der Waals surface area contributed by atoms with Gasteiger partial charge < -0.3 is 14.9 Å². The molecule has 5 nitrogen and oxygen atoms in total. The highest BCUT2D eigenvalue weighted by molar-refractivity contribution is 5.92. The molecule has 0 spiro atoms. The number of rotatable bonds is 3. The Balaban J connectivity index is 1.91. The summed E-state index contributed by atoms with van der Waals surface area (Å²) < 4.78 is 5.23. The quantitative estimate of drug-likeness (QED) is 0.890. The molecule has 2 rings (SSSR count). The first-order valence-electron chi connectivity index (χ1n) is 7.29. The van der Waals surface area contributed by atoms with E-state index >= 15 is 0 Å². The molecule has 112 valence electrons. The zero-order chi connectivity index (χ0) is 14.8. The van der Waals surface area contributed by atoms with Crippen LogP contribution in [0.5, 0.6) is 0 Å². The summed E-state index contributed by atoms with van der Waals surface area (Å²) in [4.78, 5) is 12.1. The van der Waals surface area contributed by atoms with Crippen LogP contribution in [0.15, 0.2) is 10.6 Å². The number of hydrogen-bond acceptors (Lipinski definition) is 4. The molecule has 1 aliphatic carbocycles. The van der Waals surface area contributed by atoms with E-state index in [0.717, 1.165) is 25.7 Å². The lowest BCUT2D eigenvalue weighted by atomic mass is 9.86. The van der Waals surface area contributed by atoms with Crippen molar-refractivity contribution in [1.82, 2.24) is 10.5 Å². The number of aliphatic hydroxyl groups excluding tert-OH is 1. The normalized spacial score (nSPS) is 23.6. The van der Waals surface area contributed by atoms with Gasteiger partial charge in [-0.15, -0.1) is 0 Å². The third-order valence-electron chi connectivity index (χ3n) is 3.92. The second-order valence-corrected chi connectivity index (χ2v) is 6.70. The van der Waals surface area contributed by atoms with E-state index in [9.17, 15) is 4.79 Å². The second kappa shape index (κ2) is 5.95. The minimum absolute atomic E-state index is 0.148. The third kappa shape index (κ3) is 3.60. The van der Waals surface area contributed by atoms with E-state index in [2.05, 4.69) is 10.5 Å². The van der Waals surface area contributed by atoms with Crippen molar-refractivity contribution in [3.63, 3.8) is 0 Å². The van der Waals surface area contributed by atoms with Crippen LogP contribution in [0.1, 0.15) is 62.7 Å². The molecule has 1 aromatic heterocycles. The van der Waals surface area contributed by atoms with Gasteiger partial charge in [0.05, 0.1) is 0 Å². The van der Waals surface area contributed by atoms with Crippen LogP contribution < -0.4 is 5.32 Å². The lowest BCUT2D eigenvalue weighted by molar-refractivity contribution is 0.0904. The first-order chi connectivity index (χ1) is 9.40. The molecule has 0 atom stereocenters. The Morgan fingerprint density at radius 2 is 2.05 bits per heavy atom. The maximum atomic E-state index is 12.1. The molecule has 0 aromatic carbocycles. The molecule has 0 aliphatic heterocycles. The fourth-order valence-electron chi connectivity index (χ4n) is 2.48. The zero-order valence-electron chi connectivity index (χ0n) is 12.5. The van der Waals surface area contributed by atoms with Crippen molar-refractivity contribution in [2.24, 2.45) is 5.92 Å². The largest absolute Gasteiger partial charge is 0.396 e. The fraction of sp³-hybridized carbons (Fsp3) is 0.733. The Morgan fingerprint density at radius 1 is 1.40 bits per heavy atom. The monoisotopic (exact) mass is 280 g/mol. The fourth-order valence-corrected chi connectivity index (χ4v) is 2.48. The number of aliphatic hydroxyl groups is 1. The lowest BCUT2D eigenvalue weighted by Gasteiger charge is -2.27. The van der Waals surface area contributed by atoms with Crippen LogP contribution in [0.3, 0.4) is 0 Å². The molecule has 0 radical (unpaired) electrons. The summed E-state index contributed by atoms with van der Waals surface area (Å²) in [7, 11) is 0. The van der Waals surface area contributed by atoms with Crippen LogP contribution in [-0.4, -0.2) is 28.8 Å². The molecule has 0 saturated heterocycles. The summed E-state index contributed by atoms with van der Waals surface area (Å²) in [6.45, 7) is 6.31. The number of nitrogens with zero attached hydrogens (tertiary/aromatic N) is 1. The Labute approximate surface area is 119 Å². The van der Waals surface area contributed by atoms with Crippen molar-refractivity contribution in [2.75, 3.05) is 6.61 Å². The van der Waals surface area contributed by atoms with Crippen LogP contribution >= 0.6 is 0 Å². The topological polar surface area (TPSA) is 75.4 Å². The number of hydrogen-bond donors (Lipinski definition) is 2. The van der Waals surface area contributed by atoms with E-state index in [1.165, 1.54) is 0 Å². The predicted octanol–water partition coefficient (Wildman–Crippen LogP) is 2.25. The Morgan fingerprint density at radius 3 is 2.55 bits per heavy atom. The van der Waals surface area contributed by atoms with E-state index < -0.39 is 0 Å². The standard InChI is InChI=1S/C15H24N2O3/c1-15(2,3)13-8-12(17-20-13)14(19)16-11-6-4-10(9-18)5-7-11/h8,10-11,18H,4-7,9H2,1-3H3,(H,16,19). The third-order valence-corrected chi connectivity index (χ3v) is 3.92. The van der Waals surface area contributed by atoms with Gasteiger partial charge in [-0.05, 0) is 31.6 Å². The lowest BCUT2D eigenvalue weighted by Crippen LogP contribution is -2.38. The summed E-state index contributed by atoms with van der Waals surface area (Å²) in [5, 5.41) is 16.0. The maximum Gasteiger partial charge on any atom is 0.273 e.